The fourth-order valence-electron chi connectivity index (χ4n) is 2.00. The van der Waals surface area contributed by atoms with Crippen LogP contribution in [0.15, 0.2) is 60.3 Å². The zero-order valence-corrected chi connectivity index (χ0v) is 13.6. The van der Waals surface area contributed by atoms with E-state index >= 15 is 0 Å². The minimum Gasteiger partial charge on any atom is -0.406 e. The Labute approximate surface area is 147 Å². The van der Waals surface area contributed by atoms with Crippen LogP contribution in [0.25, 0.3) is 6.08 Å². The normalized spacial score (nSPS) is 11.6. The van der Waals surface area contributed by atoms with Crippen molar-refractivity contribution in [1.82, 2.24) is 5.32 Å². The van der Waals surface area contributed by atoms with E-state index in [1.165, 1.54) is 25.1 Å². The molecule has 0 bridgehead atoms. The molecule has 0 saturated carbocycles. The van der Waals surface area contributed by atoms with E-state index in [4.69, 9.17) is 0 Å². The van der Waals surface area contributed by atoms with Crippen LogP contribution in [-0.2, 0) is 9.59 Å². The average molecular weight is 364 g/mol. The molecule has 0 fully saturated rings. The zero-order chi connectivity index (χ0) is 19.2. The third-order valence-corrected chi connectivity index (χ3v) is 3.01. The Kier molecular flexibility index (Phi) is 6.00. The van der Waals surface area contributed by atoms with Crippen molar-refractivity contribution >= 4 is 23.6 Å². The summed E-state index contributed by atoms with van der Waals surface area (Å²) < 4.78 is 40.2. The Hall–Kier alpha value is -3.29. The molecule has 2 amide bonds. The lowest BCUT2D eigenvalue weighted by Crippen LogP contribution is -2.28. The third kappa shape index (κ3) is 6.31. The van der Waals surface area contributed by atoms with Crippen LogP contribution in [0.4, 0.5) is 18.9 Å². The monoisotopic (exact) mass is 364 g/mol. The van der Waals surface area contributed by atoms with Gasteiger partial charge >= 0.3 is 6.36 Å². The van der Waals surface area contributed by atoms with E-state index in [1.807, 2.05) is 0 Å². The van der Waals surface area contributed by atoms with Crippen molar-refractivity contribution in [1.29, 1.82) is 0 Å². The Bertz CT molecular complexity index is 801. The van der Waals surface area contributed by atoms with Gasteiger partial charge in [0.25, 0.3) is 5.91 Å². The SMILES string of the molecule is CC(=O)N/C(=C\c1ccccc1)C(=O)Nc1ccc(OC(F)(F)F)cc1. The summed E-state index contributed by atoms with van der Waals surface area (Å²) in [5, 5.41) is 4.93. The fourth-order valence-corrected chi connectivity index (χ4v) is 2.00. The molecule has 8 heteroatoms. The van der Waals surface area contributed by atoms with E-state index in [0.29, 0.717) is 5.56 Å². The molecule has 0 unspecified atom stereocenters. The summed E-state index contributed by atoms with van der Waals surface area (Å²) in [6.45, 7) is 1.26. The highest BCUT2D eigenvalue weighted by Crippen LogP contribution is 2.24. The van der Waals surface area contributed by atoms with E-state index in [-0.39, 0.29) is 11.4 Å². The van der Waals surface area contributed by atoms with Crippen molar-refractivity contribution in [3.8, 4) is 5.75 Å². The molecule has 0 aliphatic carbocycles. The van der Waals surface area contributed by atoms with Crippen LogP contribution < -0.4 is 15.4 Å². The van der Waals surface area contributed by atoms with Gasteiger partial charge in [0, 0.05) is 12.6 Å². The summed E-state index contributed by atoms with van der Waals surface area (Å²) in [6, 6.07) is 13.5. The van der Waals surface area contributed by atoms with Gasteiger partial charge in [-0.2, -0.15) is 0 Å². The Morgan fingerprint density at radius 1 is 1.00 bits per heavy atom. The summed E-state index contributed by atoms with van der Waals surface area (Å²) in [7, 11) is 0. The smallest absolute Gasteiger partial charge is 0.406 e. The number of nitrogens with one attached hydrogen (secondary N) is 2. The number of hydrogen-bond donors (Lipinski definition) is 2. The maximum atomic E-state index is 12.4. The van der Waals surface area contributed by atoms with Gasteiger partial charge in [0.15, 0.2) is 0 Å². The minimum atomic E-state index is -4.79. The molecule has 136 valence electrons. The van der Waals surface area contributed by atoms with Crippen molar-refractivity contribution in [2.45, 2.75) is 13.3 Å². The molecular formula is C18H15F3N2O3. The highest BCUT2D eigenvalue weighted by atomic mass is 19.4. The second-order valence-electron chi connectivity index (χ2n) is 5.18. The number of rotatable bonds is 5. The van der Waals surface area contributed by atoms with Crippen molar-refractivity contribution in [2.75, 3.05) is 5.32 Å². The summed E-state index contributed by atoms with van der Waals surface area (Å²) in [5.41, 5.74) is 0.938. The van der Waals surface area contributed by atoms with Crippen molar-refractivity contribution < 1.29 is 27.5 Å². The number of hydrogen-bond acceptors (Lipinski definition) is 3. The van der Waals surface area contributed by atoms with Crippen molar-refractivity contribution in [3.63, 3.8) is 0 Å². The quantitative estimate of drug-likeness (QED) is 0.795. The molecule has 0 spiro atoms. The summed E-state index contributed by atoms with van der Waals surface area (Å²) in [4.78, 5) is 23.7. The molecule has 0 saturated heterocycles. The van der Waals surface area contributed by atoms with E-state index < -0.39 is 23.9 Å². The Morgan fingerprint density at radius 3 is 2.15 bits per heavy atom. The molecule has 2 rings (SSSR count). The van der Waals surface area contributed by atoms with Crippen LogP contribution in [0.1, 0.15) is 12.5 Å². The van der Waals surface area contributed by atoms with Gasteiger partial charge in [-0.25, -0.2) is 0 Å². The van der Waals surface area contributed by atoms with Gasteiger partial charge < -0.3 is 15.4 Å². The molecule has 0 aliphatic rings. The Morgan fingerprint density at radius 2 is 1.62 bits per heavy atom. The molecule has 26 heavy (non-hydrogen) atoms. The number of alkyl halides is 3. The molecule has 0 heterocycles. The molecule has 0 radical (unpaired) electrons. The molecular weight excluding hydrogens is 349 g/mol. The summed E-state index contributed by atoms with van der Waals surface area (Å²) in [6.07, 6.45) is -3.31. The maximum Gasteiger partial charge on any atom is 0.573 e. The first kappa shape index (κ1) is 19.0. The second kappa shape index (κ2) is 8.19. The predicted octanol–water partition coefficient (Wildman–Crippen LogP) is 3.70. The molecule has 0 aromatic heterocycles. The number of amides is 2. The fraction of sp³-hybridized carbons (Fsp3) is 0.111. The minimum absolute atomic E-state index is 0.000631. The lowest BCUT2D eigenvalue weighted by molar-refractivity contribution is -0.274. The number of halogens is 3. The van der Waals surface area contributed by atoms with Crippen LogP contribution in [0.2, 0.25) is 0 Å². The number of carbonyl (C=O) groups is 2. The van der Waals surface area contributed by atoms with Gasteiger partial charge in [0.2, 0.25) is 5.91 Å². The third-order valence-electron chi connectivity index (χ3n) is 3.01. The van der Waals surface area contributed by atoms with Crippen LogP contribution in [-0.4, -0.2) is 18.2 Å². The van der Waals surface area contributed by atoms with Crippen LogP contribution >= 0.6 is 0 Å². The first-order valence-electron chi connectivity index (χ1n) is 7.44. The zero-order valence-electron chi connectivity index (χ0n) is 13.6. The number of anilines is 1. The molecule has 2 aromatic rings. The number of benzene rings is 2. The highest BCUT2D eigenvalue weighted by Gasteiger charge is 2.30. The van der Waals surface area contributed by atoms with Crippen LogP contribution in [0, 0.1) is 0 Å². The average Bonchev–Trinajstić information content (AvgIpc) is 2.55. The molecule has 2 aromatic carbocycles. The van der Waals surface area contributed by atoms with Gasteiger partial charge in [-0.1, -0.05) is 30.3 Å². The lowest BCUT2D eigenvalue weighted by Gasteiger charge is -2.11. The maximum absolute atomic E-state index is 12.4. The van der Waals surface area contributed by atoms with Crippen molar-refractivity contribution in [3.05, 3.63) is 65.9 Å². The molecule has 0 atom stereocenters. The van der Waals surface area contributed by atoms with Gasteiger partial charge in [-0.15, -0.1) is 13.2 Å². The molecule has 5 nitrogen and oxygen atoms in total. The summed E-state index contributed by atoms with van der Waals surface area (Å²) in [5.74, 6) is -1.46. The van der Waals surface area contributed by atoms with Gasteiger partial charge in [0.1, 0.15) is 11.4 Å². The predicted molar refractivity (Wildman–Crippen MR) is 90.0 cm³/mol. The Balaban J connectivity index is 2.14. The van der Waals surface area contributed by atoms with E-state index in [0.717, 1.165) is 12.1 Å². The summed E-state index contributed by atoms with van der Waals surface area (Å²) >= 11 is 0. The van der Waals surface area contributed by atoms with E-state index in [1.54, 1.807) is 30.3 Å². The lowest BCUT2D eigenvalue weighted by atomic mass is 10.2. The van der Waals surface area contributed by atoms with Gasteiger partial charge in [-0.3, -0.25) is 9.59 Å². The van der Waals surface area contributed by atoms with Gasteiger partial charge in [-0.05, 0) is 35.9 Å². The largest absolute Gasteiger partial charge is 0.573 e. The number of carbonyl (C=O) groups excluding carboxylic acids is 2. The highest BCUT2D eigenvalue weighted by molar-refractivity contribution is 6.08. The second-order valence-corrected chi connectivity index (χ2v) is 5.18. The van der Waals surface area contributed by atoms with E-state index in [2.05, 4.69) is 15.4 Å². The molecule has 2 N–H and O–H groups in total. The molecule has 0 aliphatic heterocycles. The standard InChI is InChI=1S/C18H15F3N2O3/c1-12(24)22-16(11-13-5-3-2-4-6-13)17(25)23-14-7-9-15(10-8-14)26-18(19,20)21/h2-11H,1H3,(H,22,24)(H,23,25)/b16-11-. The van der Waals surface area contributed by atoms with E-state index in [9.17, 15) is 22.8 Å². The number of ether oxygens (including phenoxy) is 1. The van der Waals surface area contributed by atoms with Crippen molar-refractivity contribution in [2.24, 2.45) is 0 Å². The van der Waals surface area contributed by atoms with Crippen LogP contribution in [0.3, 0.4) is 0 Å². The van der Waals surface area contributed by atoms with Crippen LogP contribution in [0.5, 0.6) is 5.75 Å². The van der Waals surface area contributed by atoms with Gasteiger partial charge in [0.05, 0.1) is 0 Å². The first-order chi connectivity index (χ1) is 12.2. The first-order valence-corrected chi connectivity index (χ1v) is 7.44. The topological polar surface area (TPSA) is 67.4 Å².